The topological polar surface area (TPSA) is 87.6 Å². The molecule has 0 aliphatic carbocycles. The molecule has 8 heteroatoms. The van der Waals surface area contributed by atoms with Crippen molar-refractivity contribution in [2.24, 2.45) is 10.9 Å². The van der Waals surface area contributed by atoms with Gasteiger partial charge in [0.05, 0.1) is 18.0 Å². The van der Waals surface area contributed by atoms with Gasteiger partial charge in [-0.25, -0.2) is 4.99 Å². The third kappa shape index (κ3) is 8.10. The summed E-state index contributed by atoms with van der Waals surface area (Å²) in [7, 11) is 0. The molecule has 2 unspecified atom stereocenters. The van der Waals surface area contributed by atoms with Crippen LogP contribution < -0.4 is 16.0 Å². The third-order valence-electron chi connectivity index (χ3n) is 5.05. The minimum Gasteiger partial charge on any atom is -0.373 e. The van der Waals surface area contributed by atoms with Crippen molar-refractivity contribution >= 4 is 41.5 Å². The molecule has 2 heterocycles. The van der Waals surface area contributed by atoms with Crippen molar-refractivity contribution in [3.05, 3.63) is 59.9 Å². The molecular formula is C23H32IN5O2. The largest absolute Gasteiger partial charge is 0.373 e. The Morgan fingerprint density at radius 3 is 2.74 bits per heavy atom. The van der Waals surface area contributed by atoms with E-state index in [0.717, 1.165) is 32.5 Å². The number of carbonyl (C=O) groups excluding carboxylic acids is 1. The summed E-state index contributed by atoms with van der Waals surface area (Å²) in [6, 6.07) is 12.1. The number of benzene rings is 1. The lowest BCUT2D eigenvalue weighted by molar-refractivity contribution is -0.114. The van der Waals surface area contributed by atoms with Gasteiger partial charge in [-0.2, -0.15) is 0 Å². The number of amides is 1. The second-order valence-electron chi connectivity index (χ2n) is 7.47. The fourth-order valence-electron chi connectivity index (χ4n) is 3.53. The number of halogens is 1. The first-order chi connectivity index (χ1) is 14.7. The summed E-state index contributed by atoms with van der Waals surface area (Å²) in [5, 5.41) is 9.39. The Bertz CT molecular complexity index is 830. The maximum Gasteiger partial charge on any atom is 0.246 e. The molecule has 0 saturated carbocycles. The van der Waals surface area contributed by atoms with E-state index in [0.29, 0.717) is 17.6 Å². The number of guanidine groups is 1. The van der Waals surface area contributed by atoms with Crippen molar-refractivity contribution in [1.82, 2.24) is 15.6 Å². The summed E-state index contributed by atoms with van der Waals surface area (Å²) in [6.07, 6.45) is 5.49. The van der Waals surface area contributed by atoms with Crippen molar-refractivity contribution in [3.8, 4) is 0 Å². The predicted molar refractivity (Wildman–Crippen MR) is 135 cm³/mol. The van der Waals surface area contributed by atoms with Gasteiger partial charge >= 0.3 is 0 Å². The Kier molecular flexibility index (Phi) is 10.7. The average molecular weight is 537 g/mol. The van der Waals surface area contributed by atoms with Crippen LogP contribution in [-0.4, -0.2) is 43.1 Å². The van der Waals surface area contributed by atoms with Crippen LogP contribution >= 0.6 is 24.0 Å². The number of pyridine rings is 1. The highest BCUT2D eigenvalue weighted by Crippen LogP contribution is 2.33. The monoisotopic (exact) mass is 537 g/mol. The number of aromatic nitrogens is 1. The lowest BCUT2D eigenvalue weighted by Gasteiger charge is -2.32. The molecule has 1 aromatic heterocycles. The van der Waals surface area contributed by atoms with Crippen molar-refractivity contribution in [2.75, 3.05) is 31.6 Å². The lowest BCUT2D eigenvalue weighted by Crippen LogP contribution is -2.42. The van der Waals surface area contributed by atoms with E-state index in [9.17, 15) is 4.79 Å². The number of nitrogens with zero attached hydrogens (tertiary/aromatic N) is 2. The molecule has 3 rings (SSSR count). The molecule has 1 aliphatic rings. The van der Waals surface area contributed by atoms with Crippen LogP contribution in [-0.2, 0) is 9.53 Å². The van der Waals surface area contributed by atoms with Gasteiger partial charge in [-0.15, -0.1) is 24.0 Å². The highest BCUT2D eigenvalue weighted by Gasteiger charge is 2.27. The van der Waals surface area contributed by atoms with Crippen LogP contribution in [0.25, 0.3) is 0 Å². The zero-order valence-corrected chi connectivity index (χ0v) is 20.5. The summed E-state index contributed by atoms with van der Waals surface area (Å²) < 4.78 is 6.10. The molecule has 2 atom stereocenters. The van der Waals surface area contributed by atoms with E-state index in [1.54, 1.807) is 24.5 Å². The van der Waals surface area contributed by atoms with E-state index < -0.39 is 0 Å². The Labute approximate surface area is 201 Å². The predicted octanol–water partition coefficient (Wildman–Crippen LogP) is 3.67. The molecule has 0 radical (unpaired) electrons. The van der Waals surface area contributed by atoms with E-state index in [4.69, 9.17) is 4.74 Å². The Morgan fingerprint density at radius 1 is 1.23 bits per heavy atom. The van der Waals surface area contributed by atoms with Gasteiger partial charge in [-0.3, -0.25) is 9.78 Å². The molecule has 1 amide bonds. The van der Waals surface area contributed by atoms with Crippen LogP contribution in [0.3, 0.4) is 0 Å². The fraction of sp³-hybridized carbons (Fsp3) is 0.435. The highest BCUT2D eigenvalue weighted by atomic mass is 127. The summed E-state index contributed by atoms with van der Waals surface area (Å²) in [5.41, 5.74) is 3.12. The van der Waals surface area contributed by atoms with Gasteiger partial charge in [0.15, 0.2) is 5.96 Å². The molecule has 168 valence electrons. The fourth-order valence-corrected chi connectivity index (χ4v) is 3.53. The third-order valence-corrected chi connectivity index (χ3v) is 5.05. The molecule has 0 bridgehead atoms. The second-order valence-corrected chi connectivity index (χ2v) is 7.47. The van der Waals surface area contributed by atoms with Crippen LogP contribution in [0.5, 0.6) is 0 Å². The molecule has 1 saturated heterocycles. The average Bonchev–Trinajstić information content (AvgIpc) is 2.77. The van der Waals surface area contributed by atoms with Gasteiger partial charge in [-0.05, 0) is 44.4 Å². The van der Waals surface area contributed by atoms with E-state index in [1.807, 2.05) is 6.92 Å². The molecule has 2 aromatic rings. The van der Waals surface area contributed by atoms with Crippen molar-refractivity contribution in [2.45, 2.75) is 32.8 Å². The van der Waals surface area contributed by atoms with E-state index in [2.05, 4.69) is 57.1 Å². The number of hydrogen-bond donors (Lipinski definition) is 3. The van der Waals surface area contributed by atoms with Crippen LogP contribution in [0.1, 0.15) is 37.0 Å². The number of carbonyl (C=O) groups is 1. The molecular weight excluding hydrogens is 505 g/mol. The van der Waals surface area contributed by atoms with E-state index in [-0.39, 0.29) is 42.5 Å². The maximum absolute atomic E-state index is 12.2. The minimum atomic E-state index is -0.182. The second kappa shape index (κ2) is 13.3. The smallest absolute Gasteiger partial charge is 0.246 e. The van der Waals surface area contributed by atoms with Gasteiger partial charge in [0, 0.05) is 31.8 Å². The molecule has 1 aliphatic heterocycles. The zero-order chi connectivity index (χ0) is 21.2. The first-order valence-electron chi connectivity index (χ1n) is 10.6. The molecule has 3 N–H and O–H groups in total. The van der Waals surface area contributed by atoms with Gasteiger partial charge in [0.2, 0.25) is 5.91 Å². The number of anilines is 1. The minimum absolute atomic E-state index is 0. The summed E-state index contributed by atoms with van der Waals surface area (Å²) in [5.74, 6) is 0.792. The zero-order valence-electron chi connectivity index (χ0n) is 18.1. The lowest BCUT2D eigenvalue weighted by atomic mass is 9.89. The van der Waals surface area contributed by atoms with Crippen molar-refractivity contribution in [1.29, 1.82) is 0 Å². The molecule has 7 nitrogen and oxygen atoms in total. The Hall–Kier alpha value is -2.20. The number of aliphatic imine (C=N–C) groups is 1. The number of aryl methyl sites for hydroxylation is 1. The van der Waals surface area contributed by atoms with Crippen LogP contribution in [0.2, 0.25) is 0 Å². The quantitative estimate of drug-likeness (QED) is 0.285. The number of hydrogen-bond acceptors (Lipinski definition) is 4. The molecule has 0 spiro atoms. The summed E-state index contributed by atoms with van der Waals surface area (Å²) >= 11 is 0. The Morgan fingerprint density at radius 2 is 2.03 bits per heavy atom. The first-order valence-corrected chi connectivity index (χ1v) is 10.6. The van der Waals surface area contributed by atoms with Gasteiger partial charge in [-0.1, -0.05) is 29.8 Å². The van der Waals surface area contributed by atoms with Gasteiger partial charge in [0.1, 0.15) is 6.54 Å². The molecule has 1 fully saturated rings. The van der Waals surface area contributed by atoms with Crippen LogP contribution in [0.15, 0.2) is 53.8 Å². The van der Waals surface area contributed by atoms with Crippen LogP contribution in [0, 0.1) is 12.8 Å². The number of rotatable bonds is 7. The van der Waals surface area contributed by atoms with E-state index >= 15 is 0 Å². The SMILES string of the molecule is CCNC(=NCC(=O)Nc1cccnc1)NCC1CCCOC1c1ccc(C)cc1.I. The summed E-state index contributed by atoms with van der Waals surface area (Å²) in [6.45, 7) is 6.37. The standard InChI is InChI=1S/C23H31N5O2.HI/c1-3-25-23(27-16-21(29)28-20-7-4-12-24-15-20)26-14-19-6-5-13-30-22(19)18-10-8-17(2)9-11-18;/h4,7-12,15,19,22H,3,5-6,13-14,16H2,1-2H3,(H,28,29)(H2,25,26,27);1H. The Balaban J connectivity index is 0.00000341. The molecule has 31 heavy (non-hydrogen) atoms. The number of nitrogens with one attached hydrogen (secondary N) is 3. The van der Waals surface area contributed by atoms with Crippen molar-refractivity contribution in [3.63, 3.8) is 0 Å². The number of ether oxygens (including phenoxy) is 1. The highest BCUT2D eigenvalue weighted by molar-refractivity contribution is 14.0. The van der Waals surface area contributed by atoms with Gasteiger partial charge in [0.25, 0.3) is 0 Å². The van der Waals surface area contributed by atoms with Crippen LogP contribution in [0.4, 0.5) is 5.69 Å². The summed E-state index contributed by atoms with van der Waals surface area (Å²) in [4.78, 5) is 20.6. The molecule has 1 aromatic carbocycles. The normalized spacial score (nSPS) is 18.6. The maximum atomic E-state index is 12.2. The van der Waals surface area contributed by atoms with E-state index in [1.165, 1.54) is 11.1 Å². The van der Waals surface area contributed by atoms with Gasteiger partial charge < -0.3 is 20.7 Å². The first kappa shape index (κ1) is 25.1. The van der Waals surface area contributed by atoms with Crippen molar-refractivity contribution < 1.29 is 9.53 Å².